The SMILES string of the molecule is CCCCCCCCCCCCC/C=C/[C@@H](O)[C@H](CO[C@@H]1O[C@H](COP(=O)(O)OCC[N+](C)(C)C)[C@H](O)[C@H](O)[C@H]1O)NC(=O)CCCCCCCCCCCCCCC. The Morgan fingerprint density at radius 2 is 1.19 bits per heavy atom. The molecule has 1 saturated heterocycles. The Bertz CT molecular complexity index is 1090. The topological polar surface area (TPSA) is 184 Å². The van der Waals surface area contributed by atoms with Crippen molar-refractivity contribution in [3.8, 4) is 0 Å². The lowest BCUT2D eigenvalue weighted by Crippen LogP contribution is -2.60. The molecule has 1 rings (SSSR count). The van der Waals surface area contributed by atoms with E-state index in [4.69, 9.17) is 18.5 Å². The summed E-state index contributed by atoms with van der Waals surface area (Å²) >= 11 is 0. The lowest BCUT2D eigenvalue weighted by atomic mass is 9.99. The second-order valence-electron chi connectivity index (χ2n) is 17.9. The molecule has 0 spiro atoms. The standard InChI is InChI=1S/C45H89N2O11P/c1-6-8-10-12-14-16-18-20-22-24-26-28-30-32-39(48)38(46-41(49)33-31-29-27-25-23-21-19-17-15-13-11-9-7-2)36-55-45-44(52)43(51)42(50)40(58-45)37-57-59(53,54)56-35-34-47(3,4)5/h30,32,38-40,42-45,48,50-52H,6-29,31,33-37H2,1-5H3,(H-,46,49,53,54)/p+1/b32-30+/t38-,39+,40+,42-,43-,44+,45+/m0/s1. The number of ether oxygens (including phenoxy) is 2. The van der Waals surface area contributed by atoms with E-state index < -0.39 is 57.3 Å². The average molecular weight is 866 g/mol. The third-order valence-corrected chi connectivity index (χ3v) is 12.1. The fourth-order valence-corrected chi connectivity index (χ4v) is 7.85. The summed E-state index contributed by atoms with van der Waals surface area (Å²) in [6, 6.07) is -0.889. The molecule has 8 atom stereocenters. The number of unbranched alkanes of at least 4 members (excludes halogenated alkanes) is 23. The summed E-state index contributed by atoms with van der Waals surface area (Å²) in [5.74, 6) is -0.227. The lowest BCUT2D eigenvalue weighted by Gasteiger charge is -2.40. The van der Waals surface area contributed by atoms with E-state index in [1.165, 1.54) is 116 Å². The van der Waals surface area contributed by atoms with Crippen molar-refractivity contribution in [3.63, 3.8) is 0 Å². The van der Waals surface area contributed by atoms with E-state index >= 15 is 0 Å². The maximum Gasteiger partial charge on any atom is 0.472 e. The Morgan fingerprint density at radius 3 is 1.68 bits per heavy atom. The predicted octanol–water partition coefficient (Wildman–Crippen LogP) is 8.23. The number of carbonyl (C=O) groups excluding carboxylic acids is 1. The van der Waals surface area contributed by atoms with Crippen molar-refractivity contribution >= 4 is 13.7 Å². The van der Waals surface area contributed by atoms with Gasteiger partial charge in [0.2, 0.25) is 5.91 Å². The molecule has 13 nitrogen and oxygen atoms in total. The van der Waals surface area contributed by atoms with Crippen molar-refractivity contribution in [2.24, 2.45) is 0 Å². The Labute approximate surface area is 359 Å². The summed E-state index contributed by atoms with van der Waals surface area (Å²) in [5.41, 5.74) is 0. The van der Waals surface area contributed by atoms with Crippen molar-refractivity contribution < 1.29 is 57.7 Å². The molecule has 1 amide bonds. The van der Waals surface area contributed by atoms with Crippen LogP contribution < -0.4 is 5.32 Å². The first kappa shape index (κ1) is 56.1. The normalized spacial score (nSPS) is 22.1. The van der Waals surface area contributed by atoms with Gasteiger partial charge in [0.25, 0.3) is 0 Å². The highest BCUT2D eigenvalue weighted by Crippen LogP contribution is 2.43. The first-order valence-electron chi connectivity index (χ1n) is 23.6. The minimum atomic E-state index is -4.52. The van der Waals surface area contributed by atoms with Crippen LogP contribution in [0.4, 0.5) is 0 Å². The predicted molar refractivity (Wildman–Crippen MR) is 236 cm³/mol. The zero-order chi connectivity index (χ0) is 43.8. The highest BCUT2D eigenvalue weighted by molar-refractivity contribution is 7.47. The third kappa shape index (κ3) is 29.9. The summed E-state index contributed by atoms with van der Waals surface area (Å²) in [4.78, 5) is 23.2. The number of nitrogens with one attached hydrogen (secondary N) is 1. The van der Waals surface area contributed by atoms with E-state index in [-0.39, 0.29) is 19.1 Å². The second-order valence-corrected chi connectivity index (χ2v) is 19.3. The third-order valence-electron chi connectivity index (χ3n) is 11.1. The zero-order valence-corrected chi connectivity index (χ0v) is 38.9. The van der Waals surface area contributed by atoms with Crippen LogP contribution in [0.25, 0.3) is 0 Å². The molecule has 6 N–H and O–H groups in total. The maximum atomic E-state index is 13.1. The van der Waals surface area contributed by atoms with Crippen molar-refractivity contribution in [1.82, 2.24) is 5.32 Å². The van der Waals surface area contributed by atoms with Crippen LogP contribution in [0.5, 0.6) is 0 Å². The van der Waals surface area contributed by atoms with Crippen LogP contribution in [0.2, 0.25) is 0 Å². The van der Waals surface area contributed by atoms with Gasteiger partial charge in [0.1, 0.15) is 37.6 Å². The van der Waals surface area contributed by atoms with Crippen molar-refractivity contribution in [2.75, 3.05) is 47.5 Å². The van der Waals surface area contributed by atoms with E-state index in [0.717, 1.165) is 44.9 Å². The number of rotatable bonds is 39. The zero-order valence-electron chi connectivity index (χ0n) is 38.0. The molecule has 0 bridgehead atoms. The molecule has 1 aliphatic heterocycles. The molecule has 0 aromatic carbocycles. The number of carbonyl (C=O) groups is 1. The first-order chi connectivity index (χ1) is 28.2. The second kappa shape index (κ2) is 34.5. The Kier molecular flexibility index (Phi) is 32.8. The van der Waals surface area contributed by atoms with Gasteiger partial charge in [0.15, 0.2) is 6.29 Å². The monoisotopic (exact) mass is 866 g/mol. The van der Waals surface area contributed by atoms with Gasteiger partial charge in [-0.3, -0.25) is 13.8 Å². The van der Waals surface area contributed by atoms with E-state index in [1.54, 1.807) is 6.08 Å². The number of quaternary nitrogens is 1. The molecule has 0 radical (unpaired) electrons. The van der Waals surface area contributed by atoms with Gasteiger partial charge in [-0.2, -0.15) is 0 Å². The van der Waals surface area contributed by atoms with Crippen molar-refractivity contribution in [2.45, 2.75) is 224 Å². The molecule has 1 heterocycles. The van der Waals surface area contributed by atoms with Crippen LogP contribution in [0.15, 0.2) is 12.2 Å². The molecule has 0 aromatic rings. The quantitative estimate of drug-likeness (QED) is 0.0151. The molecule has 14 heteroatoms. The summed E-state index contributed by atoms with van der Waals surface area (Å²) in [6.45, 7) is 3.96. The van der Waals surface area contributed by atoms with Gasteiger partial charge in [-0.25, -0.2) is 4.57 Å². The maximum absolute atomic E-state index is 13.1. The molecule has 1 aliphatic rings. The van der Waals surface area contributed by atoms with E-state index in [9.17, 15) is 34.7 Å². The van der Waals surface area contributed by atoms with Gasteiger partial charge >= 0.3 is 7.82 Å². The average Bonchev–Trinajstić information content (AvgIpc) is 3.18. The molecule has 350 valence electrons. The number of phosphoric ester groups is 1. The van der Waals surface area contributed by atoms with Gasteiger partial charge in [-0.15, -0.1) is 0 Å². The fourth-order valence-electron chi connectivity index (χ4n) is 7.13. The number of likely N-dealkylation sites (N-methyl/N-ethyl adjacent to an activating group) is 1. The fraction of sp³-hybridized carbons (Fsp3) is 0.933. The first-order valence-corrected chi connectivity index (χ1v) is 25.1. The summed E-state index contributed by atoms with van der Waals surface area (Å²) in [6.07, 6.45) is 25.0. The van der Waals surface area contributed by atoms with Crippen LogP contribution in [0.1, 0.15) is 181 Å². The van der Waals surface area contributed by atoms with Crippen molar-refractivity contribution in [1.29, 1.82) is 0 Å². The van der Waals surface area contributed by atoms with E-state index in [2.05, 4.69) is 19.2 Å². The number of hydrogen-bond acceptors (Lipinski definition) is 10. The van der Waals surface area contributed by atoms with Crippen LogP contribution in [-0.2, 0) is 27.9 Å². The molecule has 0 aromatic heterocycles. The van der Waals surface area contributed by atoms with Crippen LogP contribution >= 0.6 is 7.82 Å². The van der Waals surface area contributed by atoms with Gasteiger partial charge in [0, 0.05) is 6.42 Å². The van der Waals surface area contributed by atoms with Crippen LogP contribution in [-0.4, -0.2) is 126 Å². The smallest absolute Gasteiger partial charge is 0.387 e. The number of nitrogens with zero attached hydrogens (tertiary/aromatic N) is 1. The van der Waals surface area contributed by atoms with Gasteiger partial charge in [-0.05, 0) is 19.3 Å². The Balaban J connectivity index is 2.67. The number of aliphatic hydroxyl groups excluding tert-OH is 4. The Hall–Kier alpha value is -0.960. The minimum absolute atomic E-state index is 0.0546. The molecule has 1 fully saturated rings. The lowest BCUT2D eigenvalue weighted by molar-refractivity contribution is -0.870. The summed E-state index contributed by atoms with van der Waals surface area (Å²) in [5, 5.41) is 45.9. The molecular weight excluding hydrogens is 775 g/mol. The Morgan fingerprint density at radius 1 is 0.712 bits per heavy atom. The van der Waals surface area contributed by atoms with Gasteiger partial charge in [-0.1, -0.05) is 167 Å². The highest BCUT2D eigenvalue weighted by Gasteiger charge is 2.45. The number of allylic oxidation sites excluding steroid dienone is 1. The molecule has 1 unspecified atom stereocenters. The molecule has 0 saturated carbocycles. The summed E-state index contributed by atoms with van der Waals surface area (Å²) < 4.78 is 34.6. The molecule has 0 aliphatic carbocycles. The van der Waals surface area contributed by atoms with Gasteiger partial charge < -0.3 is 44.6 Å². The number of phosphoric acid groups is 1. The minimum Gasteiger partial charge on any atom is -0.387 e. The number of amides is 1. The largest absolute Gasteiger partial charge is 0.472 e. The number of hydrogen-bond donors (Lipinski definition) is 6. The summed E-state index contributed by atoms with van der Waals surface area (Å²) in [7, 11) is 1.18. The van der Waals surface area contributed by atoms with Crippen LogP contribution in [0, 0.1) is 0 Å². The molecular formula is C45H90N2O11P+. The van der Waals surface area contributed by atoms with Crippen molar-refractivity contribution in [3.05, 3.63) is 12.2 Å². The van der Waals surface area contributed by atoms with E-state index in [1.807, 2.05) is 27.2 Å². The molecule has 59 heavy (non-hydrogen) atoms. The number of aliphatic hydroxyl groups is 4. The van der Waals surface area contributed by atoms with E-state index in [0.29, 0.717) is 17.4 Å². The van der Waals surface area contributed by atoms with Gasteiger partial charge in [0.05, 0.1) is 46.5 Å². The highest BCUT2D eigenvalue weighted by atomic mass is 31.2. The van der Waals surface area contributed by atoms with Crippen LogP contribution in [0.3, 0.4) is 0 Å².